The normalized spacial score (nSPS) is 13.3. The molecule has 0 radical (unpaired) electrons. The van der Waals surface area contributed by atoms with E-state index in [0.717, 1.165) is 41.8 Å². The minimum atomic E-state index is -0.843. The maximum Gasteiger partial charge on any atom is 0.304 e. The summed E-state index contributed by atoms with van der Waals surface area (Å²) >= 11 is 0. The third-order valence-electron chi connectivity index (χ3n) is 5.37. The Labute approximate surface area is 195 Å². The van der Waals surface area contributed by atoms with E-state index in [1.54, 1.807) is 13.8 Å². The highest BCUT2D eigenvalue weighted by Gasteiger charge is 2.26. The van der Waals surface area contributed by atoms with Crippen molar-refractivity contribution in [2.45, 2.75) is 45.8 Å². The van der Waals surface area contributed by atoms with Crippen LogP contribution in [0.25, 0.3) is 11.5 Å². The van der Waals surface area contributed by atoms with Crippen LogP contribution in [0.15, 0.2) is 34.9 Å². The van der Waals surface area contributed by atoms with Gasteiger partial charge in [0.25, 0.3) is 11.8 Å². The molecule has 1 aliphatic rings. The third kappa shape index (κ3) is 5.33. The number of rotatable bonds is 9. The van der Waals surface area contributed by atoms with E-state index in [-0.39, 0.29) is 30.1 Å². The summed E-state index contributed by atoms with van der Waals surface area (Å²) in [6.45, 7) is 5.12. The molecule has 2 heterocycles. The molecular formula is C24H26F2N4O4. The Kier molecular flexibility index (Phi) is 7.06. The molecule has 4 rings (SSSR count). The lowest BCUT2D eigenvalue weighted by Crippen LogP contribution is -2.26. The second-order valence-corrected chi connectivity index (χ2v) is 8.37. The van der Waals surface area contributed by atoms with Crippen LogP contribution in [0.2, 0.25) is 0 Å². The van der Waals surface area contributed by atoms with Crippen LogP contribution in [0.1, 0.15) is 37.8 Å². The van der Waals surface area contributed by atoms with Crippen molar-refractivity contribution in [1.29, 1.82) is 0 Å². The van der Waals surface area contributed by atoms with Crippen molar-refractivity contribution in [3.05, 3.63) is 53.1 Å². The second-order valence-electron chi connectivity index (χ2n) is 8.37. The summed E-state index contributed by atoms with van der Waals surface area (Å²) in [4.78, 5) is 16.8. The number of carboxylic acids is 1. The molecule has 1 aliphatic heterocycles. The number of hydrogen-bond donors (Lipinski definition) is 2. The number of nitrogens with zero attached hydrogens (tertiary/aromatic N) is 3. The Balaban J connectivity index is 1.53. The van der Waals surface area contributed by atoms with Crippen LogP contribution < -0.4 is 15.0 Å². The van der Waals surface area contributed by atoms with Crippen molar-refractivity contribution >= 4 is 17.6 Å². The van der Waals surface area contributed by atoms with Crippen molar-refractivity contribution in [1.82, 2.24) is 15.5 Å². The maximum atomic E-state index is 14.7. The predicted octanol–water partition coefficient (Wildman–Crippen LogP) is 4.45. The van der Waals surface area contributed by atoms with Gasteiger partial charge in [-0.2, -0.15) is 4.98 Å². The van der Waals surface area contributed by atoms with Crippen LogP contribution in [0.5, 0.6) is 5.75 Å². The minimum absolute atomic E-state index is 0.0630. The first-order chi connectivity index (χ1) is 16.3. The lowest BCUT2D eigenvalue weighted by molar-refractivity contribution is -0.136. The topological polar surface area (TPSA) is 101 Å². The lowest BCUT2D eigenvalue weighted by atomic mass is 9.99. The Morgan fingerprint density at radius 2 is 2.03 bits per heavy atom. The number of fused-ring (bicyclic) bond motifs is 1. The summed E-state index contributed by atoms with van der Waals surface area (Å²) in [5.74, 6) is -2.45. The molecule has 2 N–H and O–H groups in total. The third-order valence-corrected chi connectivity index (χ3v) is 5.37. The number of nitrogens with one attached hydrogen (secondary N) is 1. The average molecular weight is 472 g/mol. The zero-order valence-corrected chi connectivity index (χ0v) is 19.0. The number of aliphatic carboxylic acids is 1. The molecule has 0 spiro atoms. The first kappa shape index (κ1) is 23.6. The molecule has 0 unspecified atom stereocenters. The molecule has 10 heteroatoms. The first-order valence-electron chi connectivity index (χ1n) is 11.1. The van der Waals surface area contributed by atoms with E-state index in [9.17, 15) is 13.6 Å². The molecule has 0 aliphatic carbocycles. The number of aryl methyl sites for hydroxylation is 1. The quantitative estimate of drug-likeness (QED) is 0.441. The zero-order chi connectivity index (χ0) is 24.2. The van der Waals surface area contributed by atoms with Gasteiger partial charge in [-0.05, 0) is 49.0 Å². The summed E-state index contributed by atoms with van der Waals surface area (Å²) in [6.07, 6.45) is 1.55. The number of anilines is 2. The Bertz CT molecular complexity index is 1160. The van der Waals surface area contributed by atoms with Gasteiger partial charge in [0.05, 0.1) is 12.5 Å². The van der Waals surface area contributed by atoms with Crippen molar-refractivity contribution in [3.63, 3.8) is 0 Å². The fraction of sp³-hybridized carbons (Fsp3) is 0.375. The average Bonchev–Trinajstić information content (AvgIpc) is 3.24. The van der Waals surface area contributed by atoms with Gasteiger partial charge in [0, 0.05) is 37.5 Å². The van der Waals surface area contributed by atoms with Crippen LogP contribution in [0, 0.1) is 11.6 Å². The summed E-state index contributed by atoms with van der Waals surface area (Å²) < 4.78 is 39.9. The zero-order valence-electron chi connectivity index (χ0n) is 19.0. The van der Waals surface area contributed by atoms with Crippen molar-refractivity contribution < 1.29 is 27.9 Å². The fourth-order valence-electron chi connectivity index (χ4n) is 3.92. The monoisotopic (exact) mass is 472 g/mol. The maximum absolute atomic E-state index is 14.7. The van der Waals surface area contributed by atoms with Gasteiger partial charge in [0.15, 0.2) is 0 Å². The Morgan fingerprint density at radius 3 is 2.74 bits per heavy atom. The van der Waals surface area contributed by atoms with Gasteiger partial charge < -0.3 is 24.6 Å². The minimum Gasteiger partial charge on any atom is -0.491 e. The van der Waals surface area contributed by atoms with Crippen LogP contribution in [-0.4, -0.2) is 40.4 Å². The van der Waals surface area contributed by atoms with Crippen LogP contribution >= 0.6 is 0 Å². The van der Waals surface area contributed by atoms with E-state index in [0.29, 0.717) is 19.6 Å². The van der Waals surface area contributed by atoms with Crippen LogP contribution in [0.4, 0.5) is 20.4 Å². The van der Waals surface area contributed by atoms with Crippen molar-refractivity contribution in [2.75, 3.05) is 18.0 Å². The molecule has 180 valence electrons. The smallest absolute Gasteiger partial charge is 0.304 e. The fourth-order valence-corrected chi connectivity index (χ4v) is 3.92. The number of carbonyl (C=O) groups is 1. The lowest BCUT2D eigenvalue weighted by Gasteiger charge is -2.28. The summed E-state index contributed by atoms with van der Waals surface area (Å²) in [5.41, 5.74) is 2.62. The highest BCUT2D eigenvalue weighted by molar-refractivity contribution is 5.67. The largest absolute Gasteiger partial charge is 0.491 e. The molecular weight excluding hydrogens is 446 g/mol. The molecule has 0 saturated heterocycles. The van der Waals surface area contributed by atoms with Crippen molar-refractivity contribution in [3.8, 4) is 17.2 Å². The Morgan fingerprint density at radius 1 is 1.26 bits per heavy atom. The number of halogens is 2. The Hall–Kier alpha value is -3.53. The summed E-state index contributed by atoms with van der Waals surface area (Å²) in [5, 5.41) is 15.8. The molecule has 0 fully saturated rings. The van der Waals surface area contributed by atoms with Crippen molar-refractivity contribution in [2.24, 2.45) is 0 Å². The van der Waals surface area contributed by atoms with E-state index in [4.69, 9.17) is 14.4 Å². The SMILES string of the molecule is CC(C)Oc1cc(F)c(-c2nc(N3CCCc4cc(CNCCC(=O)O)ccc43)no2)c(F)c1. The standard InChI is InChI=1S/C24H26F2N4O4/c1-14(2)33-17-11-18(25)22(19(26)12-17)23-28-24(29-34-23)30-9-3-4-16-10-15(5-6-20(16)30)13-27-8-7-21(31)32/h5-6,10-12,14,27H,3-4,7-9,13H2,1-2H3,(H,31,32). The number of aromatic nitrogens is 2. The molecule has 8 nitrogen and oxygen atoms in total. The first-order valence-corrected chi connectivity index (χ1v) is 11.1. The number of ether oxygens (including phenoxy) is 1. The van der Waals surface area contributed by atoms with Gasteiger partial charge in [0.2, 0.25) is 0 Å². The number of benzene rings is 2. The molecule has 0 amide bonds. The van der Waals surface area contributed by atoms with Gasteiger partial charge in [-0.3, -0.25) is 4.79 Å². The van der Waals surface area contributed by atoms with E-state index < -0.39 is 23.2 Å². The second kappa shape index (κ2) is 10.2. The van der Waals surface area contributed by atoms with E-state index in [2.05, 4.69) is 21.5 Å². The molecule has 1 aromatic heterocycles. The molecule has 34 heavy (non-hydrogen) atoms. The summed E-state index contributed by atoms with van der Waals surface area (Å²) in [6, 6.07) is 8.15. The summed E-state index contributed by atoms with van der Waals surface area (Å²) in [7, 11) is 0. The number of hydrogen-bond acceptors (Lipinski definition) is 7. The van der Waals surface area contributed by atoms with Gasteiger partial charge >= 0.3 is 5.97 Å². The molecule has 0 atom stereocenters. The highest BCUT2D eigenvalue weighted by Crippen LogP contribution is 2.35. The van der Waals surface area contributed by atoms with Crippen LogP contribution in [-0.2, 0) is 17.8 Å². The molecule has 0 saturated carbocycles. The van der Waals surface area contributed by atoms with Gasteiger partial charge in [-0.25, -0.2) is 8.78 Å². The van der Waals surface area contributed by atoms with Gasteiger partial charge in [-0.15, -0.1) is 0 Å². The van der Waals surface area contributed by atoms with E-state index in [1.807, 2.05) is 17.0 Å². The number of carboxylic acid groups (broad SMARTS) is 1. The highest BCUT2D eigenvalue weighted by atomic mass is 19.1. The predicted molar refractivity (Wildman–Crippen MR) is 121 cm³/mol. The van der Waals surface area contributed by atoms with Gasteiger partial charge in [0.1, 0.15) is 22.9 Å². The molecule has 2 aromatic carbocycles. The van der Waals surface area contributed by atoms with E-state index in [1.165, 1.54) is 0 Å². The molecule has 0 bridgehead atoms. The van der Waals surface area contributed by atoms with Crippen LogP contribution in [0.3, 0.4) is 0 Å². The van der Waals surface area contributed by atoms with E-state index >= 15 is 0 Å². The van der Waals surface area contributed by atoms with Gasteiger partial charge in [-0.1, -0.05) is 12.1 Å². The molecule has 3 aromatic rings.